The van der Waals surface area contributed by atoms with E-state index in [2.05, 4.69) is 11.4 Å². The summed E-state index contributed by atoms with van der Waals surface area (Å²) < 4.78 is 56.1. The fourth-order valence-corrected chi connectivity index (χ4v) is 13.5. The summed E-state index contributed by atoms with van der Waals surface area (Å²) in [5, 5.41) is 23.1. The average Bonchev–Trinajstić information content (AvgIpc) is 1.75. The van der Waals surface area contributed by atoms with E-state index in [0.717, 1.165) is 70.4 Å². The second kappa shape index (κ2) is 24.0. The van der Waals surface area contributed by atoms with E-state index in [1.807, 2.05) is 70.1 Å². The van der Waals surface area contributed by atoms with E-state index in [9.17, 15) is 39.1 Å². The summed E-state index contributed by atoms with van der Waals surface area (Å²) >= 11 is 0. The number of halogens is 3. The van der Waals surface area contributed by atoms with Crippen LogP contribution in [0.25, 0.3) is 32.7 Å². The number of hydrogen-bond acceptors (Lipinski definition) is 13. The largest absolute Gasteiger partial charge is 0.478 e. The summed E-state index contributed by atoms with van der Waals surface area (Å²) in [6.45, 7) is 20.7. The number of hydrogen-bond donors (Lipinski definition) is 5. The van der Waals surface area contributed by atoms with Crippen molar-refractivity contribution in [3.05, 3.63) is 118 Å². The number of amides is 2. The van der Waals surface area contributed by atoms with E-state index in [4.69, 9.17) is 21.9 Å². The number of anilines is 3. The first kappa shape index (κ1) is 62.2. The highest BCUT2D eigenvalue weighted by molar-refractivity contribution is 6.07. The van der Waals surface area contributed by atoms with Gasteiger partial charge in [-0.25, -0.2) is 22.8 Å². The Kier molecular flexibility index (Phi) is 17.1. The number of fused-ring (bicyclic) bond motifs is 3. The van der Waals surface area contributed by atoms with Gasteiger partial charge in [0, 0.05) is 110 Å². The number of aromatic nitrogens is 3. The monoisotopic (exact) mass is 1200 g/mol. The summed E-state index contributed by atoms with van der Waals surface area (Å²) in [6.07, 6.45) is 7.53. The van der Waals surface area contributed by atoms with Crippen LogP contribution in [0.5, 0.6) is 0 Å². The van der Waals surface area contributed by atoms with Gasteiger partial charge >= 0.3 is 12.1 Å². The van der Waals surface area contributed by atoms with Crippen molar-refractivity contribution in [3.63, 3.8) is 0 Å². The lowest BCUT2D eigenvalue weighted by Gasteiger charge is -2.26. The zero-order valence-corrected chi connectivity index (χ0v) is 51.1. The number of carboxylic acid groups (broad SMARTS) is 1. The van der Waals surface area contributed by atoms with Gasteiger partial charge in [-0.3, -0.25) is 19.2 Å². The van der Waals surface area contributed by atoms with Gasteiger partial charge < -0.3 is 60.8 Å². The molecule has 6 atom stereocenters. The highest BCUT2D eigenvalue weighted by atomic mass is 19.1. The van der Waals surface area contributed by atoms with Gasteiger partial charge in [-0.15, -0.1) is 0 Å². The third kappa shape index (κ3) is 12.4. The normalized spacial score (nSPS) is 20.4. The molecule has 22 heteroatoms. The molecular formula is C65H80F3N11O8. The highest BCUT2D eigenvalue weighted by Crippen LogP contribution is 2.44. The lowest BCUT2D eigenvalue weighted by molar-refractivity contribution is 0.0493. The van der Waals surface area contributed by atoms with E-state index in [1.54, 1.807) is 20.6 Å². The Morgan fingerprint density at radius 1 is 0.598 bits per heavy atom. The maximum atomic E-state index is 15.4. The molecular weight excluding hydrogens is 1120 g/mol. The summed E-state index contributed by atoms with van der Waals surface area (Å²) in [7, 11) is 0. The molecule has 3 saturated heterocycles. The van der Waals surface area contributed by atoms with Crippen molar-refractivity contribution in [1.29, 1.82) is 5.26 Å². The molecule has 12 rings (SSSR count). The molecule has 3 aliphatic heterocycles. The Balaban J connectivity index is 0.000000145. The number of rotatable bonds is 12. The minimum Gasteiger partial charge on any atom is -0.478 e. The second-order valence-electron chi connectivity index (χ2n) is 26.1. The Labute approximate surface area is 502 Å². The quantitative estimate of drug-likeness (QED) is 0.0765. The first-order chi connectivity index (χ1) is 41.1. The number of nitriles is 1. The zero-order valence-electron chi connectivity index (χ0n) is 51.1. The molecule has 0 spiro atoms. The smallest absolute Gasteiger partial charge is 0.407 e. The number of nitrogens with zero attached hydrogens (tertiary/aromatic N) is 7. The molecule has 2 amide bonds. The van der Waals surface area contributed by atoms with Gasteiger partial charge in [0.05, 0.1) is 50.3 Å². The predicted molar refractivity (Wildman–Crippen MR) is 331 cm³/mol. The first-order valence-electron chi connectivity index (χ1n) is 30.4. The van der Waals surface area contributed by atoms with Gasteiger partial charge in [0.15, 0.2) is 0 Å². The molecule has 3 aromatic carbocycles. The van der Waals surface area contributed by atoms with Gasteiger partial charge in [0.2, 0.25) is 5.91 Å². The van der Waals surface area contributed by atoms with E-state index in [0.29, 0.717) is 99.7 Å². The van der Waals surface area contributed by atoms with Crippen LogP contribution in [0, 0.1) is 67.3 Å². The van der Waals surface area contributed by atoms with Gasteiger partial charge in [-0.05, 0) is 173 Å². The molecule has 3 aromatic heterocycles. The summed E-state index contributed by atoms with van der Waals surface area (Å²) in [4.78, 5) is 79.7. The minimum absolute atomic E-state index is 0.0297. The van der Waals surface area contributed by atoms with E-state index in [-0.39, 0.29) is 86.8 Å². The van der Waals surface area contributed by atoms with Crippen molar-refractivity contribution in [1.82, 2.24) is 19.0 Å². The van der Waals surface area contributed by atoms with E-state index in [1.165, 1.54) is 30.3 Å². The van der Waals surface area contributed by atoms with Gasteiger partial charge in [-0.2, -0.15) is 5.26 Å². The van der Waals surface area contributed by atoms with Crippen LogP contribution >= 0.6 is 0 Å². The summed E-state index contributed by atoms with van der Waals surface area (Å²) in [5.41, 5.74) is 21.5. The molecule has 19 nitrogen and oxygen atoms in total. The third-order valence-corrected chi connectivity index (χ3v) is 18.4. The minimum atomic E-state index is -1.22. The topological polar surface area (TPSA) is 270 Å². The number of carbonyl (C=O) groups excluding carboxylic acids is 2. The van der Waals surface area contributed by atoms with Gasteiger partial charge in [-0.1, -0.05) is 0 Å². The number of primary amides is 1. The van der Waals surface area contributed by atoms with Crippen LogP contribution in [-0.4, -0.2) is 99.8 Å². The molecule has 6 fully saturated rings. The van der Waals surface area contributed by atoms with E-state index < -0.39 is 41.0 Å². The molecule has 464 valence electrons. The van der Waals surface area contributed by atoms with Crippen LogP contribution in [0.4, 0.5) is 35.0 Å². The van der Waals surface area contributed by atoms with Crippen molar-refractivity contribution in [2.75, 3.05) is 54.0 Å². The maximum Gasteiger partial charge on any atom is 0.407 e. The number of benzene rings is 3. The second-order valence-corrected chi connectivity index (χ2v) is 26.1. The Morgan fingerprint density at radius 2 is 0.954 bits per heavy atom. The van der Waals surface area contributed by atoms with Gasteiger partial charge in [0.25, 0.3) is 16.7 Å². The number of ether oxygens (including phenoxy) is 1. The van der Waals surface area contributed by atoms with Gasteiger partial charge in [0.1, 0.15) is 29.1 Å². The maximum absolute atomic E-state index is 15.4. The van der Waals surface area contributed by atoms with Crippen LogP contribution in [0.3, 0.4) is 0 Å². The Hall–Kier alpha value is -7.90. The number of pyridine rings is 3. The third-order valence-electron chi connectivity index (χ3n) is 18.4. The van der Waals surface area contributed by atoms with Crippen molar-refractivity contribution < 1.29 is 37.4 Å². The number of aromatic carboxylic acids is 1. The standard InChI is InChI=1S/C25H31FN4O3.C20H25FN4O2.C20H24FN3O3/c1-14-22-19(17(12-27)10-21(31)30(22)18-6-7-18)11-20(26)23(14)29-9-8-16(13-29)15(2)28-24(32)33-25(3,4)5;1-10-18-14(15(20(23)27)8-17(26)25(18)13-3-4-13)7-16(21)19(10)24-6-5-12(9-24)11(2)22;1-10-18-14(15(20(26)27)8-17(25)24(18)13-3-4-13)7-16(21)19(10)23-6-5-12(9-23)11(2)22/h10-11,15-16,18H,6-9,13H2,1-5H3,(H,28,32);7-8,11-13H,3-6,9,22H2,1-2H3,(H2,23,27);7-8,11-13H,3-6,9,22H2,1-2H3,(H,26,27)/t15-,16+;2*11-,12+/m000/s1. The van der Waals surface area contributed by atoms with Crippen LogP contribution in [0.1, 0.15) is 160 Å². The zero-order chi connectivity index (χ0) is 63.0. The van der Waals surface area contributed by atoms with Crippen molar-refractivity contribution in [2.45, 2.75) is 162 Å². The van der Waals surface area contributed by atoms with Crippen molar-refractivity contribution in [3.8, 4) is 6.07 Å². The molecule has 6 aliphatic rings. The number of aryl methyl sites for hydroxylation is 3. The first-order valence-corrected chi connectivity index (χ1v) is 30.4. The fourth-order valence-electron chi connectivity index (χ4n) is 13.5. The van der Waals surface area contributed by atoms with Crippen LogP contribution in [-0.2, 0) is 4.74 Å². The molecule has 3 aliphatic carbocycles. The fraction of sp³-hybridized carbons (Fsp3) is 0.523. The molecule has 6 heterocycles. The molecule has 0 unspecified atom stereocenters. The molecule has 0 radical (unpaired) electrons. The number of alkyl carbamates (subject to hydrolysis) is 1. The highest BCUT2D eigenvalue weighted by Gasteiger charge is 2.37. The number of carboxylic acids is 1. The Morgan fingerprint density at radius 3 is 1.31 bits per heavy atom. The van der Waals surface area contributed by atoms with Crippen LogP contribution in [0.15, 0.2) is 50.8 Å². The molecule has 3 saturated carbocycles. The molecule has 6 aromatic rings. The van der Waals surface area contributed by atoms with Crippen LogP contribution in [0.2, 0.25) is 0 Å². The molecule has 0 bridgehead atoms. The van der Waals surface area contributed by atoms with Crippen LogP contribution < -0.4 is 53.9 Å². The lowest BCUT2D eigenvalue weighted by atomic mass is 10.0. The molecule has 87 heavy (non-hydrogen) atoms. The summed E-state index contributed by atoms with van der Waals surface area (Å²) in [6, 6.07) is 9.96. The van der Waals surface area contributed by atoms with Crippen molar-refractivity contribution >= 4 is 67.7 Å². The SMILES string of the molecule is Cc1c(N2CC[C@@H]([C@H](C)N)C2)c(F)cc2c(C(=O)O)cc(=O)n(C3CC3)c12.Cc1c(N2CC[C@@H]([C@H](C)N)C2)c(F)cc2c(C(N)=O)cc(=O)n(C3CC3)c12.Cc1c(N2CC[C@@H]([C@H](C)NC(=O)OC(C)(C)C)C2)c(F)cc2c(C#N)cc(=O)n(C3CC3)c12. The number of carbonyl (C=O) groups is 3. The number of nitrogens with one attached hydrogen (secondary N) is 1. The average molecular weight is 1200 g/mol. The molecule has 8 N–H and O–H groups in total. The van der Waals surface area contributed by atoms with Crippen molar-refractivity contribution in [2.24, 2.45) is 35.0 Å². The lowest BCUT2D eigenvalue weighted by Crippen LogP contribution is -2.42. The Bertz CT molecular complexity index is 3840. The predicted octanol–water partition coefficient (Wildman–Crippen LogP) is 9.11. The summed E-state index contributed by atoms with van der Waals surface area (Å²) in [5.74, 6) is -2.45. The number of nitrogens with two attached hydrogens (primary N) is 3. The van der Waals surface area contributed by atoms with E-state index >= 15 is 13.2 Å².